The van der Waals surface area contributed by atoms with Crippen molar-refractivity contribution in [2.45, 2.75) is 65.2 Å². The number of amides is 4. The smallest absolute Gasteiger partial charge is 0.378 e. The van der Waals surface area contributed by atoms with Crippen molar-refractivity contribution in [2.24, 2.45) is 0 Å². The molecule has 12 N–H and O–H groups in total. The van der Waals surface area contributed by atoms with Gasteiger partial charge in [-0.05, 0) is 171 Å². The second-order valence-electron chi connectivity index (χ2n) is 31.1. The van der Waals surface area contributed by atoms with Crippen LogP contribution in [0.2, 0.25) is 0 Å². The number of hydrazine groups is 4. The zero-order valence-electron chi connectivity index (χ0n) is 75.6. The fraction of sp³-hybridized carbons (Fsp3) is 0.283. The highest BCUT2D eigenvalue weighted by atomic mass is 19.4. The number of alkyl halides is 12. The number of aromatic nitrogens is 10. The lowest BCUT2D eigenvalue weighted by Crippen LogP contribution is -2.38. The van der Waals surface area contributed by atoms with Crippen LogP contribution in [0, 0.1) is 37.1 Å². The van der Waals surface area contributed by atoms with E-state index in [0.29, 0.717) is 174 Å². The number of carbonyl (C=O) groups is 4. The zero-order chi connectivity index (χ0) is 101. The number of morpholine rings is 4. The topological polar surface area (TPSA) is 391 Å². The molecule has 0 atom stereocenters. The van der Waals surface area contributed by atoms with E-state index in [9.17, 15) is 89.4 Å². The molecule has 0 bridgehead atoms. The molecular formula is C92H90F16N26O8. The third-order valence-electron chi connectivity index (χ3n) is 21.3. The molecular weight excluding hydrogens is 1900 g/mol. The van der Waals surface area contributed by atoms with Crippen LogP contribution in [0.25, 0.3) is 0 Å². The molecule has 0 radical (unpaired) electrons. The van der Waals surface area contributed by atoms with Gasteiger partial charge in [-0.3, -0.25) is 62.6 Å². The molecule has 4 fully saturated rings. The van der Waals surface area contributed by atoms with Gasteiger partial charge in [0.25, 0.3) is 23.6 Å². The summed E-state index contributed by atoms with van der Waals surface area (Å²) in [7, 11) is 0. The third-order valence-corrected chi connectivity index (χ3v) is 21.3. The molecule has 6 aromatic heterocycles. The number of aryl methyl sites for hydroxylation is 4. The highest BCUT2D eigenvalue weighted by Crippen LogP contribution is 2.38. The summed E-state index contributed by atoms with van der Waals surface area (Å²) in [6.07, 6.45) is -12.8. The van der Waals surface area contributed by atoms with Gasteiger partial charge in [0.15, 0.2) is 46.5 Å². The Morgan fingerprint density at radius 1 is 0.324 bits per heavy atom. The van der Waals surface area contributed by atoms with E-state index in [-0.39, 0.29) is 81.2 Å². The van der Waals surface area contributed by atoms with Gasteiger partial charge in [-0.2, -0.15) is 72.6 Å². The average molecular weight is 1990 g/mol. The maximum atomic E-state index is 14.2. The second kappa shape index (κ2) is 47.2. The van der Waals surface area contributed by atoms with Gasteiger partial charge in [0, 0.05) is 97.6 Å². The van der Waals surface area contributed by atoms with E-state index in [0.717, 1.165) is 73.3 Å². The molecule has 0 aliphatic carbocycles. The van der Waals surface area contributed by atoms with Crippen LogP contribution in [0.5, 0.6) is 0 Å². The van der Waals surface area contributed by atoms with Crippen LogP contribution in [0.3, 0.4) is 0 Å². The van der Waals surface area contributed by atoms with Gasteiger partial charge >= 0.3 is 24.7 Å². The Labute approximate surface area is 798 Å². The molecule has 4 amide bonds. The van der Waals surface area contributed by atoms with Crippen LogP contribution in [0.1, 0.15) is 100 Å². The Hall–Kier alpha value is -15.9. The fourth-order valence-corrected chi connectivity index (χ4v) is 14.1. The van der Waals surface area contributed by atoms with E-state index < -0.39 is 93.9 Å². The Balaban J connectivity index is 0.000000159. The Kier molecular flexibility index (Phi) is 34.4. The third kappa shape index (κ3) is 28.7. The normalized spacial score (nSPS) is 13.9. The Bertz CT molecular complexity index is 6410. The van der Waals surface area contributed by atoms with Crippen molar-refractivity contribution >= 4 is 116 Å². The molecule has 0 unspecified atom stereocenters. The van der Waals surface area contributed by atoms with Gasteiger partial charge in [0.1, 0.15) is 11.4 Å². The van der Waals surface area contributed by atoms with Crippen molar-refractivity contribution in [2.75, 3.05) is 168 Å². The van der Waals surface area contributed by atoms with E-state index >= 15 is 0 Å². The maximum Gasteiger partial charge on any atom is 0.416 e. The van der Waals surface area contributed by atoms with E-state index in [4.69, 9.17) is 18.9 Å². The van der Waals surface area contributed by atoms with Crippen molar-refractivity contribution in [3.63, 3.8) is 0 Å². The van der Waals surface area contributed by atoms with Gasteiger partial charge in [-0.1, -0.05) is 38.1 Å². The number of hydrogen-bond donors (Lipinski definition) is 12. The molecule has 12 aromatic rings. The molecule has 34 nitrogen and oxygen atoms in total. The second-order valence-corrected chi connectivity index (χ2v) is 31.1. The number of nitrogens with zero attached hydrogens (tertiary/aromatic N) is 14. The fourth-order valence-electron chi connectivity index (χ4n) is 14.1. The molecule has 0 saturated carbocycles. The van der Waals surface area contributed by atoms with Crippen molar-refractivity contribution in [1.82, 2.24) is 71.5 Å². The van der Waals surface area contributed by atoms with E-state index in [1.165, 1.54) is 72.8 Å². The highest BCUT2D eigenvalue weighted by Gasteiger charge is 2.35. The standard InChI is InChI=1S/C24H24F4N6O2.C23H23F4N7O2.C23H22F4N6O2.C22H21F4N7O2/c1-2-15-12-18(30-17-5-3-4-16(13-17)24(26,27)28)6-7-19(15)22(35)32-33-23-29-14-20(25)21(31-23)34-8-10-36-11-9-34;1-2-17-18(29-15-5-3-4-14(12-15)23(25,26)27)6-7-19(30-17)21(35)32-33-22-28-13-16(24)20(31-22)34-8-10-36-11-9-34;1-14-11-17(29-16-4-2-3-15(12-16)23(25,26)27)5-6-18(14)21(34)31-32-22-28-13-19(24)20(30-22)33-7-9-35-10-8-33;1-13-17(29-15-4-2-3-14(11-15)22(24,25)26)5-6-18(28-13)20(34)31-32-21-27-12-16(23)19(30-21)33-7-9-35-10-8-33/h3-7,12-14,30H,2,8-11H2,1H3,(H,32,35)(H,29,31,33);3-7,12-13,29H,2,8-11H2,1H3,(H,32,35)(H,28,31,33);2-6,11-13,29H,7-10H2,1H3,(H,31,34)(H,28,30,32);2-6,11-12,29H,7-10H2,1H3,(H,31,34)(H,27,30,32). The first-order valence-corrected chi connectivity index (χ1v) is 43.5. The molecule has 748 valence electrons. The summed E-state index contributed by atoms with van der Waals surface area (Å²) in [6, 6.07) is 34.8. The van der Waals surface area contributed by atoms with E-state index in [1.54, 1.807) is 76.8 Å². The number of ether oxygens (including phenoxy) is 4. The number of halogens is 16. The number of benzene rings is 6. The SMILES string of the molecule is CCc1cc(Nc2cccc(C(F)(F)F)c2)ccc1C(=O)NNc1ncc(F)c(N2CCOCC2)n1.CCc1nc(C(=O)NNc2ncc(F)c(N3CCOCC3)n2)ccc1Nc1cccc(C(F)(F)F)c1.Cc1cc(Nc2cccc(C(F)(F)F)c2)ccc1C(=O)NNc1ncc(F)c(N2CCOCC2)n1.Cc1nc(C(=O)NNc2ncc(F)c(N3CCOCC3)n2)ccc1Nc1cccc(C(F)(F)F)c1. The van der Waals surface area contributed by atoms with Crippen LogP contribution in [-0.2, 0) is 56.5 Å². The van der Waals surface area contributed by atoms with E-state index in [2.05, 4.69) is 115 Å². The van der Waals surface area contributed by atoms with Gasteiger partial charge in [0.2, 0.25) is 23.8 Å². The maximum absolute atomic E-state index is 14.2. The zero-order valence-corrected chi connectivity index (χ0v) is 75.6. The Morgan fingerprint density at radius 3 is 0.944 bits per heavy atom. The first-order chi connectivity index (χ1) is 67.9. The highest BCUT2D eigenvalue weighted by molar-refractivity contribution is 5.98. The van der Waals surface area contributed by atoms with Crippen LogP contribution >= 0.6 is 0 Å². The van der Waals surface area contributed by atoms with Crippen molar-refractivity contribution in [3.8, 4) is 0 Å². The van der Waals surface area contributed by atoms with Crippen LogP contribution in [0.4, 0.5) is 163 Å². The first-order valence-electron chi connectivity index (χ1n) is 43.5. The lowest BCUT2D eigenvalue weighted by Gasteiger charge is -2.28. The predicted octanol–water partition coefficient (Wildman–Crippen LogP) is 16.4. The minimum absolute atomic E-state index is 0.00945. The summed E-state index contributed by atoms with van der Waals surface area (Å²) in [6.45, 7) is 14.5. The quantitative estimate of drug-likeness (QED) is 0.0177. The first kappa shape index (κ1) is 104. The largest absolute Gasteiger partial charge is 0.416 e. The summed E-state index contributed by atoms with van der Waals surface area (Å²) < 4.78 is 233. The molecule has 6 aromatic carbocycles. The molecule has 50 heteroatoms. The van der Waals surface area contributed by atoms with Gasteiger partial charge < -0.3 is 59.8 Å². The van der Waals surface area contributed by atoms with Crippen molar-refractivity contribution < 1.29 is 108 Å². The van der Waals surface area contributed by atoms with Crippen LogP contribution in [-0.4, -0.2) is 179 Å². The molecule has 4 saturated heterocycles. The number of carbonyl (C=O) groups excluding carboxylic acids is 4. The molecule has 10 heterocycles. The number of rotatable bonds is 26. The minimum atomic E-state index is -4.46. The molecule has 4 aliphatic heterocycles. The van der Waals surface area contributed by atoms with Gasteiger partial charge in [-0.25, -0.2) is 47.5 Å². The van der Waals surface area contributed by atoms with Gasteiger partial charge in [-0.15, -0.1) is 0 Å². The molecule has 4 aliphatic rings. The predicted molar refractivity (Wildman–Crippen MR) is 493 cm³/mol. The average Bonchev–Trinajstić information content (AvgIpc) is 0.830. The van der Waals surface area contributed by atoms with Gasteiger partial charge in [0.05, 0.1) is 123 Å². The van der Waals surface area contributed by atoms with Crippen LogP contribution < -0.4 is 84.3 Å². The van der Waals surface area contributed by atoms with E-state index in [1.807, 2.05) is 6.92 Å². The Morgan fingerprint density at radius 2 is 0.620 bits per heavy atom. The number of nitrogens with one attached hydrogen (secondary N) is 12. The number of hydrogen-bond acceptors (Lipinski definition) is 30. The number of pyridine rings is 2. The summed E-state index contributed by atoms with van der Waals surface area (Å²) in [5.41, 5.74) is 22.9. The molecule has 0 spiro atoms. The monoisotopic (exact) mass is 1990 g/mol. The minimum Gasteiger partial charge on any atom is -0.378 e. The number of anilines is 16. The lowest BCUT2D eigenvalue weighted by molar-refractivity contribution is -0.138. The van der Waals surface area contributed by atoms with Crippen molar-refractivity contribution in [3.05, 3.63) is 273 Å². The molecule has 16 rings (SSSR count). The van der Waals surface area contributed by atoms with Crippen molar-refractivity contribution in [1.29, 1.82) is 0 Å². The van der Waals surface area contributed by atoms with Crippen LogP contribution in [0.15, 0.2) is 183 Å². The lowest BCUT2D eigenvalue weighted by atomic mass is 10.0. The molecule has 142 heavy (non-hydrogen) atoms. The summed E-state index contributed by atoms with van der Waals surface area (Å²) in [4.78, 5) is 97.9. The summed E-state index contributed by atoms with van der Waals surface area (Å²) >= 11 is 0. The summed E-state index contributed by atoms with van der Waals surface area (Å²) in [5, 5.41) is 11.6. The summed E-state index contributed by atoms with van der Waals surface area (Å²) in [5.74, 6) is -4.08.